The Balaban J connectivity index is 1.67. The number of ketones is 1. The number of rotatable bonds is 4. The van der Waals surface area contributed by atoms with Crippen molar-refractivity contribution in [2.75, 3.05) is 6.61 Å². The molecule has 0 fully saturated rings. The fourth-order valence-electron chi connectivity index (χ4n) is 3.13. The molecule has 4 heteroatoms. The van der Waals surface area contributed by atoms with Crippen LogP contribution in [0, 0.1) is 20.8 Å². The second-order valence-electron chi connectivity index (χ2n) is 6.52. The maximum atomic E-state index is 12.4. The number of Topliss-reactive ketones (excluding diaryl/α,β-unsaturated/α-hetero) is 1. The summed E-state index contributed by atoms with van der Waals surface area (Å²) < 4.78 is 5.27. The molecule has 0 aliphatic heterocycles. The van der Waals surface area contributed by atoms with Crippen LogP contribution < -0.4 is 0 Å². The summed E-state index contributed by atoms with van der Waals surface area (Å²) in [5.74, 6) is -0.533. The molecule has 0 unspecified atom stereocenters. The highest BCUT2D eigenvalue weighted by Crippen LogP contribution is 2.30. The summed E-state index contributed by atoms with van der Waals surface area (Å²) in [5.41, 5.74) is 5.06. The van der Waals surface area contributed by atoms with Gasteiger partial charge in [0.2, 0.25) is 5.78 Å². The number of thiophene rings is 1. The van der Waals surface area contributed by atoms with Crippen molar-refractivity contribution in [2.24, 2.45) is 0 Å². The molecule has 3 nitrogen and oxygen atoms in total. The van der Waals surface area contributed by atoms with Gasteiger partial charge in [-0.15, -0.1) is 11.3 Å². The largest absolute Gasteiger partial charge is 0.453 e. The molecule has 1 aliphatic rings. The molecular weight excluding hydrogens is 320 g/mol. The van der Waals surface area contributed by atoms with Crippen LogP contribution in [0.5, 0.6) is 0 Å². The van der Waals surface area contributed by atoms with Gasteiger partial charge in [0.05, 0.1) is 0 Å². The number of fused-ring (bicyclic) bond motifs is 1. The first-order chi connectivity index (χ1) is 11.5. The van der Waals surface area contributed by atoms with Gasteiger partial charge < -0.3 is 4.74 Å². The van der Waals surface area contributed by atoms with Gasteiger partial charge >= 0.3 is 5.97 Å². The minimum Gasteiger partial charge on any atom is -0.453 e. The van der Waals surface area contributed by atoms with Crippen molar-refractivity contribution in [3.05, 3.63) is 55.8 Å². The summed E-state index contributed by atoms with van der Waals surface area (Å²) in [4.78, 5) is 26.5. The Bertz CT molecular complexity index is 778. The number of esters is 1. The maximum absolute atomic E-state index is 12.4. The van der Waals surface area contributed by atoms with Crippen LogP contribution in [0.15, 0.2) is 18.2 Å². The smallest absolute Gasteiger partial charge is 0.348 e. The lowest BCUT2D eigenvalue weighted by atomic mass is 9.98. The van der Waals surface area contributed by atoms with E-state index in [4.69, 9.17) is 4.74 Å². The molecule has 126 valence electrons. The summed E-state index contributed by atoms with van der Waals surface area (Å²) >= 11 is 1.51. The topological polar surface area (TPSA) is 43.4 Å². The van der Waals surface area contributed by atoms with E-state index in [1.807, 2.05) is 39.0 Å². The normalized spacial score (nSPS) is 13.5. The molecule has 0 radical (unpaired) electrons. The van der Waals surface area contributed by atoms with E-state index in [0.717, 1.165) is 29.5 Å². The van der Waals surface area contributed by atoms with Crippen molar-refractivity contribution >= 4 is 23.1 Å². The zero-order valence-corrected chi connectivity index (χ0v) is 15.2. The van der Waals surface area contributed by atoms with Crippen LogP contribution >= 0.6 is 11.3 Å². The lowest BCUT2D eigenvalue weighted by Gasteiger charge is -2.09. The first-order valence-corrected chi connectivity index (χ1v) is 9.17. The van der Waals surface area contributed by atoms with Crippen molar-refractivity contribution in [3.63, 3.8) is 0 Å². The summed E-state index contributed by atoms with van der Waals surface area (Å²) in [7, 11) is 0. The Hall–Kier alpha value is -1.94. The number of carbonyl (C=O) groups excluding carboxylic acids is 2. The molecule has 1 aromatic carbocycles. The molecule has 1 heterocycles. The summed E-state index contributed by atoms with van der Waals surface area (Å²) in [6.45, 7) is 5.71. The average Bonchev–Trinajstić information content (AvgIpc) is 2.99. The lowest BCUT2D eigenvalue weighted by molar-refractivity contribution is 0.0479. The van der Waals surface area contributed by atoms with Gasteiger partial charge in [-0.3, -0.25) is 4.79 Å². The SMILES string of the molecule is Cc1cc(C)c(C(=O)COC(=O)c2cc3c(s2)CCCC3)cc1C. The van der Waals surface area contributed by atoms with Gasteiger partial charge in [0.15, 0.2) is 6.61 Å². The standard InChI is InChI=1S/C20H22O3S/c1-12-8-14(3)16(9-13(12)2)17(21)11-23-20(22)19-10-15-6-4-5-7-18(15)24-19/h8-10H,4-7,11H2,1-3H3. The van der Waals surface area contributed by atoms with Crippen molar-refractivity contribution in [1.29, 1.82) is 0 Å². The minimum absolute atomic E-state index is 0.148. The highest BCUT2D eigenvalue weighted by molar-refractivity contribution is 7.14. The van der Waals surface area contributed by atoms with Crippen molar-refractivity contribution in [3.8, 4) is 0 Å². The zero-order valence-electron chi connectivity index (χ0n) is 14.4. The minimum atomic E-state index is -0.385. The Labute approximate surface area is 146 Å². The van der Waals surface area contributed by atoms with Gasteiger partial charge in [0, 0.05) is 10.4 Å². The van der Waals surface area contributed by atoms with Crippen LogP contribution in [0.2, 0.25) is 0 Å². The van der Waals surface area contributed by atoms with Gasteiger partial charge in [-0.05, 0) is 80.8 Å². The van der Waals surface area contributed by atoms with E-state index in [-0.39, 0.29) is 18.4 Å². The maximum Gasteiger partial charge on any atom is 0.348 e. The molecule has 0 saturated heterocycles. The van der Waals surface area contributed by atoms with E-state index in [2.05, 4.69) is 0 Å². The number of aryl methyl sites for hydroxylation is 5. The van der Waals surface area contributed by atoms with Gasteiger partial charge in [-0.25, -0.2) is 4.79 Å². The van der Waals surface area contributed by atoms with E-state index < -0.39 is 0 Å². The van der Waals surface area contributed by atoms with Crippen LogP contribution in [0.1, 0.15) is 60.0 Å². The van der Waals surface area contributed by atoms with Crippen LogP contribution in [0.3, 0.4) is 0 Å². The lowest BCUT2D eigenvalue weighted by Crippen LogP contribution is -2.15. The van der Waals surface area contributed by atoms with Gasteiger partial charge in [0.1, 0.15) is 4.88 Å². The van der Waals surface area contributed by atoms with Crippen molar-refractivity contribution < 1.29 is 14.3 Å². The quantitative estimate of drug-likeness (QED) is 0.603. The summed E-state index contributed by atoms with van der Waals surface area (Å²) in [6, 6.07) is 5.82. The highest BCUT2D eigenvalue weighted by Gasteiger charge is 2.19. The fraction of sp³-hybridized carbons (Fsp3) is 0.400. The molecule has 0 bridgehead atoms. The first-order valence-electron chi connectivity index (χ1n) is 8.35. The first kappa shape index (κ1) is 16.9. The summed E-state index contributed by atoms with van der Waals surface area (Å²) in [6.07, 6.45) is 4.46. The van der Waals surface area contributed by atoms with E-state index in [1.54, 1.807) is 0 Å². The van der Waals surface area contributed by atoms with Gasteiger partial charge in [0.25, 0.3) is 0 Å². The van der Waals surface area contributed by atoms with Gasteiger partial charge in [-0.1, -0.05) is 6.07 Å². The van der Waals surface area contributed by atoms with E-state index in [0.29, 0.717) is 10.4 Å². The molecular formula is C20H22O3S. The molecule has 24 heavy (non-hydrogen) atoms. The highest BCUT2D eigenvalue weighted by atomic mass is 32.1. The molecule has 0 atom stereocenters. The number of hydrogen-bond donors (Lipinski definition) is 0. The molecule has 0 amide bonds. The number of carbonyl (C=O) groups is 2. The summed E-state index contributed by atoms with van der Waals surface area (Å²) in [5, 5.41) is 0. The monoisotopic (exact) mass is 342 g/mol. The Morgan fingerprint density at radius 3 is 2.46 bits per heavy atom. The molecule has 2 aromatic rings. The Morgan fingerprint density at radius 1 is 1.00 bits per heavy atom. The number of benzene rings is 1. The van der Waals surface area contributed by atoms with Crippen LogP contribution in [0.25, 0.3) is 0 Å². The third kappa shape index (κ3) is 3.44. The van der Waals surface area contributed by atoms with Crippen molar-refractivity contribution in [2.45, 2.75) is 46.5 Å². The predicted molar refractivity (Wildman–Crippen MR) is 96.2 cm³/mol. The predicted octanol–water partition coefficient (Wildman–Crippen LogP) is 4.59. The van der Waals surface area contributed by atoms with Crippen LogP contribution in [-0.2, 0) is 17.6 Å². The molecule has 1 aromatic heterocycles. The number of ether oxygens (including phenoxy) is 1. The number of hydrogen-bond acceptors (Lipinski definition) is 4. The second kappa shape index (κ2) is 6.89. The molecule has 0 saturated carbocycles. The third-order valence-corrected chi connectivity index (χ3v) is 5.89. The second-order valence-corrected chi connectivity index (χ2v) is 7.65. The zero-order chi connectivity index (χ0) is 17.3. The average molecular weight is 342 g/mol. The van der Waals surface area contributed by atoms with E-state index >= 15 is 0 Å². The van der Waals surface area contributed by atoms with Crippen LogP contribution in [-0.4, -0.2) is 18.4 Å². The van der Waals surface area contributed by atoms with Crippen LogP contribution in [0.4, 0.5) is 0 Å². The molecule has 0 N–H and O–H groups in total. The fourth-order valence-corrected chi connectivity index (χ4v) is 4.28. The Morgan fingerprint density at radius 2 is 1.71 bits per heavy atom. The molecule has 1 aliphatic carbocycles. The van der Waals surface area contributed by atoms with Crippen molar-refractivity contribution in [1.82, 2.24) is 0 Å². The molecule has 3 rings (SSSR count). The Kier molecular flexibility index (Phi) is 4.86. The van der Waals surface area contributed by atoms with E-state index in [1.165, 1.54) is 34.6 Å². The third-order valence-electron chi connectivity index (χ3n) is 4.67. The van der Waals surface area contributed by atoms with E-state index in [9.17, 15) is 9.59 Å². The van der Waals surface area contributed by atoms with Gasteiger partial charge in [-0.2, -0.15) is 0 Å². The molecule has 0 spiro atoms.